The van der Waals surface area contributed by atoms with E-state index < -0.39 is 18.3 Å². The van der Waals surface area contributed by atoms with Crippen molar-refractivity contribution < 1.29 is 14.1 Å². The summed E-state index contributed by atoms with van der Waals surface area (Å²) in [6.07, 6.45) is 0.303. The molecule has 1 fully saturated rings. The molecule has 110 valence electrons. The minimum absolute atomic E-state index is 0.0316. The quantitative estimate of drug-likeness (QED) is 0.487. The van der Waals surface area contributed by atoms with Crippen LogP contribution in [0.25, 0.3) is 0 Å². The molecule has 4 nitrogen and oxygen atoms in total. The number of hydrogen-bond acceptors (Lipinski definition) is 5. The van der Waals surface area contributed by atoms with E-state index in [9.17, 15) is 4.79 Å². The van der Waals surface area contributed by atoms with Crippen LogP contribution in [0.2, 0.25) is 0 Å². The number of carbonyl (C=O) groups is 1. The first-order valence-electron chi connectivity index (χ1n) is 6.60. The summed E-state index contributed by atoms with van der Waals surface area (Å²) in [4.78, 5) is 16.2. The summed E-state index contributed by atoms with van der Waals surface area (Å²) in [5.41, 5.74) is -0.00515. The Morgan fingerprint density at radius 2 is 1.85 bits per heavy atom. The van der Waals surface area contributed by atoms with Crippen molar-refractivity contribution in [2.24, 2.45) is 0 Å². The van der Waals surface area contributed by atoms with Crippen molar-refractivity contribution in [3.8, 4) is 0 Å². The Kier molecular flexibility index (Phi) is 4.31. The number of carbonyl (C=O) groups excluding carboxylic acids is 1. The first kappa shape index (κ1) is 16.0. The van der Waals surface area contributed by atoms with Crippen LogP contribution in [-0.4, -0.2) is 35.0 Å². The zero-order valence-corrected chi connectivity index (χ0v) is 14.0. The number of aryl methyl sites for hydroxylation is 1. The van der Waals surface area contributed by atoms with E-state index in [1.54, 1.807) is 0 Å². The Labute approximate surface area is 129 Å². The van der Waals surface area contributed by atoms with Gasteiger partial charge < -0.3 is 9.31 Å². The molecule has 0 N–H and O–H groups in total. The second-order valence-corrected chi connectivity index (χ2v) is 7.33. The maximum Gasteiger partial charge on any atom is 0.507 e. The predicted octanol–water partition coefficient (Wildman–Crippen LogP) is 2.56. The van der Waals surface area contributed by atoms with Gasteiger partial charge in [0.05, 0.1) is 16.0 Å². The van der Waals surface area contributed by atoms with Gasteiger partial charge in [-0.2, -0.15) is 0 Å². The minimum Gasteiger partial charge on any atom is -0.399 e. The highest BCUT2D eigenvalue weighted by Crippen LogP contribution is 2.37. The number of thiazole rings is 1. The Morgan fingerprint density at radius 1 is 1.30 bits per heavy atom. The SMILES string of the molecule is Cc1nc(C(=O)CCCl)sc1B1OC(C)(C)C(C)(C)O1. The van der Waals surface area contributed by atoms with Crippen molar-refractivity contribution >= 4 is 40.6 Å². The molecule has 1 saturated heterocycles. The second kappa shape index (κ2) is 5.41. The van der Waals surface area contributed by atoms with Crippen molar-refractivity contribution in [1.82, 2.24) is 4.98 Å². The lowest BCUT2D eigenvalue weighted by Gasteiger charge is -2.32. The van der Waals surface area contributed by atoms with Crippen LogP contribution in [0, 0.1) is 6.92 Å². The van der Waals surface area contributed by atoms with Gasteiger partial charge in [-0.3, -0.25) is 4.79 Å². The summed E-state index contributed by atoms with van der Waals surface area (Å²) < 4.78 is 12.9. The highest BCUT2D eigenvalue weighted by molar-refractivity contribution is 7.23. The van der Waals surface area contributed by atoms with E-state index in [0.29, 0.717) is 17.3 Å². The van der Waals surface area contributed by atoms with E-state index in [0.717, 1.165) is 10.5 Å². The number of alkyl halides is 1. The van der Waals surface area contributed by atoms with Crippen molar-refractivity contribution in [3.63, 3.8) is 0 Å². The summed E-state index contributed by atoms with van der Waals surface area (Å²) in [6.45, 7) is 9.88. The largest absolute Gasteiger partial charge is 0.507 e. The highest BCUT2D eigenvalue weighted by Gasteiger charge is 2.52. The molecule has 0 unspecified atom stereocenters. The molecule has 1 aliphatic rings. The first-order valence-corrected chi connectivity index (χ1v) is 7.95. The molecule has 2 rings (SSSR count). The maximum absolute atomic E-state index is 11.9. The summed E-state index contributed by atoms with van der Waals surface area (Å²) in [5, 5.41) is 0.480. The number of halogens is 1. The lowest BCUT2D eigenvalue weighted by atomic mass is 9.86. The third-order valence-corrected chi connectivity index (χ3v) is 5.27. The van der Waals surface area contributed by atoms with Gasteiger partial charge in [0.2, 0.25) is 0 Å². The minimum atomic E-state index is -0.463. The van der Waals surface area contributed by atoms with Crippen molar-refractivity contribution in [3.05, 3.63) is 10.7 Å². The molecule has 0 atom stereocenters. The molecule has 7 heteroatoms. The van der Waals surface area contributed by atoms with Crippen LogP contribution >= 0.6 is 22.9 Å². The van der Waals surface area contributed by atoms with Crippen LogP contribution < -0.4 is 4.78 Å². The van der Waals surface area contributed by atoms with Gasteiger partial charge in [0.25, 0.3) is 0 Å². The average molecular weight is 316 g/mol. The molecule has 1 aromatic rings. The lowest BCUT2D eigenvalue weighted by molar-refractivity contribution is 0.00578. The van der Waals surface area contributed by atoms with Gasteiger partial charge in [0.15, 0.2) is 10.8 Å². The summed E-state index contributed by atoms with van der Waals surface area (Å²) in [5.74, 6) is 0.277. The predicted molar refractivity (Wildman–Crippen MR) is 82.2 cm³/mol. The lowest BCUT2D eigenvalue weighted by Crippen LogP contribution is -2.41. The average Bonchev–Trinajstić information content (AvgIpc) is 2.78. The van der Waals surface area contributed by atoms with Crippen LogP contribution in [0.4, 0.5) is 0 Å². The van der Waals surface area contributed by atoms with Crippen LogP contribution in [0.15, 0.2) is 0 Å². The van der Waals surface area contributed by atoms with E-state index in [1.807, 2.05) is 34.6 Å². The fourth-order valence-electron chi connectivity index (χ4n) is 1.89. The fourth-order valence-corrected chi connectivity index (χ4v) is 3.05. The summed E-state index contributed by atoms with van der Waals surface area (Å²) in [6, 6.07) is 0. The van der Waals surface area contributed by atoms with E-state index in [1.165, 1.54) is 11.3 Å². The monoisotopic (exact) mass is 315 g/mol. The number of aromatic nitrogens is 1. The van der Waals surface area contributed by atoms with Gasteiger partial charge in [-0.05, 0) is 34.6 Å². The van der Waals surface area contributed by atoms with Crippen molar-refractivity contribution in [2.45, 2.75) is 52.2 Å². The van der Waals surface area contributed by atoms with Crippen molar-refractivity contribution in [2.75, 3.05) is 5.88 Å². The normalized spacial score (nSPS) is 20.4. The molecule has 0 spiro atoms. The van der Waals surface area contributed by atoms with Crippen LogP contribution in [0.1, 0.15) is 49.6 Å². The van der Waals surface area contributed by atoms with Gasteiger partial charge in [-0.25, -0.2) is 4.98 Å². The van der Waals surface area contributed by atoms with Gasteiger partial charge >= 0.3 is 7.12 Å². The number of nitrogens with zero attached hydrogens (tertiary/aromatic N) is 1. The molecule has 20 heavy (non-hydrogen) atoms. The summed E-state index contributed by atoms with van der Waals surface area (Å²) >= 11 is 6.94. The second-order valence-electron chi connectivity index (χ2n) is 5.92. The Morgan fingerprint density at radius 3 is 2.35 bits per heavy atom. The molecule has 0 amide bonds. The highest BCUT2D eigenvalue weighted by atomic mass is 35.5. The Balaban J connectivity index is 2.25. The van der Waals surface area contributed by atoms with E-state index in [4.69, 9.17) is 20.9 Å². The molecule has 1 aliphatic heterocycles. The van der Waals surface area contributed by atoms with Crippen LogP contribution in [0.5, 0.6) is 0 Å². The number of ketones is 1. The van der Waals surface area contributed by atoms with Crippen LogP contribution in [-0.2, 0) is 9.31 Å². The molecule has 0 radical (unpaired) electrons. The maximum atomic E-state index is 11.9. The number of hydrogen-bond donors (Lipinski definition) is 0. The zero-order valence-electron chi connectivity index (χ0n) is 12.4. The van der Waals surface area contributed by atoms with E-state index >= 15 is 0 Å². The first-order chi connectivity index (χ1) is 9.18. The van der Waals surface area contributed by atoms with Gasteiger partial charge in [0.1, 0.15) is 0 Å². The topological polar surface area (TPSA) is 48.4 Å². The van der Waals surface area contributed by atoms with Crippen molar-refractivity contribution in [1.29, 1.82) is 0 Å². The molecule has 0 saturated carbocycles. The molecule has 0 bridgehead atoms. The molecular weight excluding hydrogens is 296 g/mol. The Bertz CT molecular complexity index is 514. The summed E-state index contributed by atoms with van der Waals surface area (Å²) in [7, 11) is -0.463. The van der Waals surface area contributed by atoms with Gasteiger partial charge in [-0.15, -0.1) is 22.9 Å². The van der Waals surface area contributed by atoms with Crippen LogP contribution in [0.3, 0.4) is 0 Å². The zero-order chi connectivity index (χ0) is 15.1. The number of Topliss-reactive ketones (excluding diaryl/α,β-unsaturated/α-hetero) is 1. The third kappa shape index (κ3) is 2.79. The van der Waals surface area contributed by atoms with Gasteiger partial charge in [0, 0.05) is 18.0 Å². The third-order valence-electron chi connectivity index (χ3n) is 3.86. The molecular formula is C13H19BClNO3S. The molecule has 0 aromatic carbocycles. The van der Waals surface area contributed by atoms with Gasteiger partial charge in [-0.1, -0.05) is 0 Å². The van der Waals surface area contributed by atoms with E-state index in [2.05, 4.69) is 4.98 Å². The standard InChI is InChI=1S/C13H19BClNO3S/c1-8-10(20-11(16-8)9(17)6-7-15)14-18-12(2,3)13(4,5)19-14/h6-7H2,1-5H3. The molecule has 0 aliphatic carbocycles. The molecule has 2 heterocycles. The number of rotatable bonds is 4. The van der Waals surface area contributed by atoms with E-state index in [-0.39, 0.29) is 5.78 Å². The molecule has 1 aromatic heterocycles. The Hall–Kier alpha value is -0.425. The smallest absolute Gasteiger partial charge is 0.399 e. The fraction of sp³-hybridized carbons (Fsp3) is 0.692.